The zero-order chi connectivity index (χ0) is 22.4. The topological polar surface area (TPSA) is 54.9 Å². The number of amides is 1. The molecule has 0 atom stereocenters. The Labute approximate surface area is 183 Å². The largest absolute Gasteiger partial charge is 0.497 e. The molecule has 1 aliphatic heterocycles. The maximum absolute atomic E-state index is 12.8. The second kappa shape index (κ2) is 10.2. The van der Waals surface area contributed by atoms with Crippen LogP contribution in [0.1, 0.15) is 17.5 Å². The van der Waals surface area contributed by atoms with Gasteiger partial charge in [0.05, 0.1) is 24.3 Å². The van der Waals surface area contributed by atoms with Crippen molar-refractivity contribution in [1.29, 1.82) is 0 Å². The van der Waals surface area contributed by atoms with Crippen LogP contribution in [0.4, 0.5) is 19.0 Å². The van der Waals surface area contributed by atoms with Crippen molar-refractivity contribution in [3.05, 3.63) is 52.7 Å². The van der Waals surface area contributed by atoms with E-state index in [4.69, 9.17) is 21.1 Å². The first-order chi connectivity index (χ1) is 14.8. The molecule has 0 bridgehead atoms. The van der Waals surface area contributed by atoms with E-state index in [0.29, 0.717) is 38.4 Å². The Morgan fingerprint density at radius 3 is 2.71 bits per heavy atom. The number of hydrogen-bond acceptors (Lipinski definition) is 5. The van der Waals surface area contributed by atoms with Crippen molar-refractivity contribution in [1.82, 2.24) is 9.88 Å². The quantitative estimate of drug-likeness (QED) is 0.656. The highest BCUT2D eigenvalue weighted by Gasteiger charge is 2.32. The summed E-state index contributed by atoms with van der Waals surface area (Å²) < 4.78 is 49.2. The van der Waals surface area contributed by atoms with Gasteiger partial charge in [-0.25, -0.2) is 4.98 Å². The van der Waals surface area contributed by atoms with Gasteiger partial charge in [0.25, 0.3) is 0 Å². The number of pyridine rings is 1. The van der Waals surface area contributed by atoms with Crippen LogP contribution in [0.3, 0.4) is 0 Å². The molecule has 0 saturated carbocycles. The van der Waals surface area contributed by atoms with E-state index in [0.717, 1.165) is 23.6 Å². The molecule has 0 spiro atoms. The van der Waals surface area contributed by atoms with Gasteiger partial charge in [-0.1, -0.05) is 23.7 Å². The zero-order valence-electron chi connectivity index (χ0n) is 17.0. The van der Waals surface area contributed by atoms with Gasteiger partial charge in [0, 0.05) is 32.4 Å². The molecule has 1 saturated heterocycles. The summed E-state index contributed by atoms with van der Waals surface area (Å²) in [5.41, 5.74) is 0.0123. The molecule has 2 aromatic rings. The SMILES string of the molecule is COc1cccc(COCC(=O)N2CCCN(c3ncc(C(F)(F)F)cc3Cl)CC2)c1. The lowest BCUT2D eigenvalue weighted by atomic mass is 10.2. The van der Waals surface area contributed by atoms with Crippen molar-refractivity contribution in [2.45, 2.75) is 19.2 Å². The summed E-state index contributed by atoms with van der Waals surface area (Å²) >= 11 is 6.06. The molecule has 0 aliphatic carbocycles. The van der Waals surface area contributed by atoms with E-state index in [-0.39, 0.29) is 24.1 Å². The Morgan fingerprint density at radius 2 is 2.00 bits per heavy atom. The molecule has 3 rings (SSSR count). The Hall–Kier alpha value is -2.52. The molecule has 1 amide bonds. The van der Waals surface area contributed by atoms with Crippen LogP contribution in [0.5, 0.6) is 5.75 Å². The number of nitrogens with zero attached hydrogens (tertiary/aromatic N) is 3. The molecule has 2 heterocycles. The van der Waals surface area contributed by atoms with Crippen molar-refractivity contribution in [2.24, 2.45) is 0 Å². The number of ether oxygens (including phenoxy) is 2. The van der Waals surface area contributed by atoms with Crippen LogP contribution >= 0.6 is 11.6 Å². The van der Waals surface area contributed by atoms with Crippen LogP contribution in [0, 0.1) is 0 Å². The van der Waals surface area contributed by atoms with Gasteiger partial charge in [-0.15, -0.1) is 0 Å². The van der Waals surface area contributed by atoms with Crippen LogP contribution in [0.15, 0.2) is 36.5 Å². The zero-order valence-corrected chi connectivity index (χ0v) is 17.7. The summed E-state index contributed by atoms with van der Waals surface area (Å²) in [6.45, 7) is 2.10. The maximum Gasteiger partial charge on any atom is 0.417 e. The number of aromatic nitrogens is 1. The lowest BCUT2D eigenvalue weighted by Gasteiger charge is -2.24. The number of carbonyl (C=O) groups excluding carboxylic acids is 1. The summed E-state index contributed by atoms with van der Waals surface area (Å²) in [5.74, 6) is 0.866. The summed E-state index contributed by atoms with van der Waals surface area (Å²) in [4.78, 5) is 19.9. The minimum atomic E-state index is -4.50. The molecule has 10 heteroatoms. The second-order valence-electron chi connectivity index (χ2n) is 7.09. The molecule has 1 aromatic heterocycles. The third-order valence-corrected chi connectivity index (χ3v) is 5.20. The first-order valence-corrected chi connectivity index (χ1v) is 10.1. The fourth-order valence-corrected chi connectivity index (χ4v) is 3.59. The molecule has 1 fully saturated rings. The third-order valence-electron chi connectivity index (χ3n) is 4.93. The number of hydrogen-bond donors (Lipinski definition) is 0. The first kappa shape index (κ1) is 23.1. The van der Waals surface area contributed by atoms with Gasteiger partial charge in [0.1, 0.15) is 18.2 Å². The first-order valence-electron chi connectivity index (χ1n) is 9.74. The molecular weight excluding hydrogens is 435 g/mol. The van der Waals surface area contributed by atoms with Crippen molar-refractivity contribution in [3.8, 4) is 5.75 Å². The van der Waals surface area contributed by atoms with Crippen molar-refractivity contribution >= 4 is 23.3 Å². The predicted octanol–water partition coefficient (Wildman–Crippen LogP) is 4.02. The van der Waals surface area contributed by atoms with E-state index in [1.807, 2.05) is 24.3 Å². The van der Waals surface area contributed by atoms with Crippen LogP contribution in [0.25, 0.3) is 0 Å². The molecule has 31 heavy (non-hydrogen) atoms. The van der Waals surface area contributed by atoms with E-state index in [9.17, 15) is 18.0 Å². The van der Waals surface area contributed by atoms with Crippen LogP contribution in [-0.2, 0) is 22.3 Å². The number of alkyl halides is 3. The predicted molar refractivity (Wildman–Crippen MR) is 110 cm³/mol. The van der Waals surface area contributed by atoms with Crippen LogP contribution < -0.4 is 9.64 Å². The third kappa shape index (κ3) is 6.24. The van der Waals surface area contributed by atoms with E-state index >= 15 is 0 Å². The maximum atomic E-state index is 12.8. The Balaban J connectivity index is 1.53. The van der Waals surface area contributed by atoms with Crippen molar-refractivity contribution in [3.63, 3.8) is 0 Å². The van der Waals surface area contributed by atoms with E-state index in [1.165, 1.54) is 0 Å². The molecule has 168 valence electrons. The molecule has 1 aliphatic rings. The summed E-state index contributed by atoms with van der Waals surface area (Å²) in [6, 6.07) is 8.29. The summed E-state index contributed by atoms with van der Waals surface area (Å²) in [6.07, 6.45) is -3.08. The normalized spacial score (nSPS) is 15.0. The molecule has 1 aromatic carbocycles. The lowest BCUT2D eigenvalue weighted by Crippen LogP contribution is -2.37. The van der Waals surface area contributed by atoms with Gasteiger partial charge in [-0.2, -0.15) is 13.2 Å². The standard InChI is InChI=1S/C21H23ClF3N3O3/c1-30-17-5-2-4-15(10-17)13-31-14-19(29)27-6-3-7-28(9-8-27)20-18(22)11-16(12-26-20)21(23,24)25/h2,4-5,10-12H,3,6-9,13-14H2,1H3. The summed E-state index contributed by atoms with van der Waals surface area (Å²) in [7, 11) is 1.58. The van der Waals surface area contributed by atoms with Gasteiger partial charge in [-0.05, 0) is 30.2 Å². The number of benzene rings is 1. The number of halogens is 4. The Bertz CT molecular complexity index is 911. The molecule has 0 N–H and O–H groups in total. The minimum absolute atomic E-state index is 0.0590. The second-order valence-corrected chi connectivity index (χ2v) is 7.50. The van der Waals surface area contributed by atoms with Crippen LogP contribution in [-0.4, -0.2) is 55.7 Å². The van der Waals surface area contributed by atoms with Crippen molar-refractivity contribution in [2.75, 3.05) is 44.8 Å². The number of rotatable bonds is 6. The van der Waals surface area contributed by atoms with Gasteiger partial charge in [-0.3, -0.25) is 4.79 Å². The fourth-order valence-electron chi connectivity index (χ4n) is 3.31. The minimum Gasteiger partial charge on any atom is -0.497 e. The Kier molecular flexibility index (Phi) is 7.61. The molecule has 6 nitrogen and oxygen atoms in total. The average molecular weight is 458 g/mol. The van der Waals surface area contributed by atoms with Crippen LogP contribution in [0.2, 0.25) is 5.02 Å². The molecular formula is C21H23ClF3N3O3. The number of carbonyl (C=O) groups is 1. The lowest BCUT2D eigenvalue weighted by molar-refractivity contribution is -0.138. The number of methoxy groups -OCH3 is 1. The van der Waals surface area contributed by atoms with Gasteiger partial charge in [0.15, 0.2) is 0 Å². The molecule has 0 unspecified atom stereocenters. The highest BCUT2D eigenvalue weighted by atomic mass is 35.5. The monoisotopic (exact) mass is 457 g/mol. The van der Waals surface area contributed by atoms with Crippen molar-refractivity contribution < 1.29 is 27.4 Å². The van der Waals surface area contributed by atoms with Gasteiger partial charge >= 0.3 is 6.18 Å². The van der Waals surface area contributed by atoms with E-state index < -0.39 is 11.7 Å². The molecule has 0 radical (unpaired) electrons. The summed E-state index contributed by atoms with van der Waals surface area (Å²) in [5, 5.41) is -0.0591. The fraction of sp³-hybridized carbons (Fsp3) is 0.429. The smallest absolute Gasteiger partial charge is 0.417 e. The Morgan fingerprint density at radius 1 is 1.19 bits per heavy atom. The van der Waals surface area contributed by atoms with E-state index in [2.05, 4.69) is 4.98 Å². The highest BCUT2D eigenvalue weighted by molar-refractivity contribution is 6.33. The van der Waals surface area contributed by atoms with Gasteiger partial charge < -0.3 is 19.3 Å². The average Bonchev–Trinajstić information content (AvgIpc) is 2.99. The highest BCUT2D eigenvalue weighted by Crippen LogP contribution is 2.33. The number of anilines is 1. The van der Waals surface area contributed by atoms with Gasteiger partial charge in [0.2, 0.25) is 5.91 Å². The van der Waals surface area contributed by atoms with E-state index in [1.54, 1.807) is 16.9 Å².